The Morgan fingerprint density at radius 3 is 2.80 bits per heavy atom. The summed E-state index contributed by atoms with van der Waals surface area (Å²) in [7, 11) is 1.34. The summed E-state index contributed by atoms with van der Waals surface area (Å²) in [5, 5.41) is 0. The summed E-state index contributed by atoms with van der Waals surface area (Å²) in [5.41, 5.74) is 0.425. The summed E-state index contributed by atoms with van der Waals surface area (Å²) in [6.07, 6.45) is 1.44. The number of carbonyl (C=O) groups excluding carboxylic acids is 2. The van der Waals surface area contributed by atoms with Crippen LogP contribution in [-0.2, 0) is 9.53 Å². The minimum Gasteiger partial charge on any atom is -0.469 e. The Labute approximate surface area is 116 Å². The molecule has 1 aliphatic rings. The highest BCUT2D eigenvalue weighted by Crippen LogP contribution is 2.19. The third-order valence-electron chi connectivity index (χ3n) is 3.53. The van der Waals surface area contributed by atoms with Crippen molar-refractivity contribution in [3.05, 3.63) is 33.7 Å². The van der Waals surface area contributed by atoms with E-state index in [0.717, 1.165) is 6.42 Å². The van der Waals surface area contributed by atoms with Gasteiger partial charge in [0, 0.05) is 18.8 Å². The molecule has 2 rings (SSSR count). The van der Waals surface area contributed by atoms with Crippen molar-refractivity contribution < 1.29 is 14.3 Å². The number of piperidine rings is 1. The van der Waals surface area contributed by atoms with Crippen molar-refractivity contribution in [3.8, 4) is 0 Å². The minimum atomic E-state index is -0.393. The first-order valence-corrected chi connectivity index (χ1v) is 6.60. The van der Waals surface area contributed by atoms with Gasteiger partial charge in [-0.25, -0.2) is 0 Å². The van der Waals surface area contributed by atoms with Gasteiger partial charge in [-0.1, -0.05) is 0 Å². The maximum Gasteiger partial charge on any atom is 0.310 e. The summed E-state index contributed by atoms with van der Waals surface area (Å²) < 4.78 is 4.72. The average Bonchev–Trinajstić information content (AvgIpc) is 2.46. The summed E-state index contributed by atoms with van der Waals surface area (Å²) in [6.45, 7) is 2.61. The number of pyridine rings is 1. The van der Waals surface area contributed by atoms with Crippen LogP contribution in [0.2, 0.25) is 0 Å². The van der Waals surface area contributed by atoms with E-state index in [9.17, 15) is 14.4 Å². The molecule has 0 aliphatic carbocycles. The van der Waals surface area contributed by atoms with Gasteiger partial charge in [-0.05, 0) is 31.9 Å². The fourth-order valence-corrected chi connectivity index (χ4v) is 2.43. The van der Waals surface area contributed by atoms with Gasteiger partial charge >= 0.3 is 5.97 Å². The number of likely N-dealkylation sites (tertiary alicyclic amines) is 1. The molecule has 0 saturated carbocycles. The highest BCUT2D eigenvalue weighted by Gasteiger charge is 2.30. The molecule has 0 bridgehead atoms. The van der Waals surface area contributed by atoms with Crippen molar-refractivity contribution in [1.82, 2.24) is 9.88 Å². The SMILES string of the molecule is COC(=O)C1CCCN(C(=O)c2ccc(C)[nH]c2=O)C1. The normalized spacial score (nSPS) is 18.7. The van der Waals surface area contributed by atoms with Crippen LogP contribution < -0.4 is 5.56 Å². The topological polar surface area (TPSA) is 79.5 Å². The summed E-state index contributed by atoms with van der Waals surface area (Å²) in [6, 6.07) is 3.22. The Bertz CT molecular complexity index is 579. The van der Waals surface area contributed by atoms with Gasteiger partial charge in [0.1, 0.15) is 5.56 Å². The molecule has 20 heavy (non-hydrogen) atoms. The van der Waals surface area contributed by atoms with Gasteiger partial charge < -0.3 is 14.6 Å². The molecule has 6 heteroatoms. The molecule has 108 valence electrons. The number of amides is 1. The van der Waals surface area contributed by atoms with Crippen molar-refractivity contribution in [1.29, 1.82) is 0 Å². The van der Waals surface area contributed by atoms with Crippen molar-refractivity contribution in [3.63, 3.8) is 0 Å². The van der Waals surface area contributed by atoms with Gasteiger partial charge in [0.2, 0.25) is 0 Å². The minimum absolute atomic E-state index is 0.112. The molecule has 0 radical (unpaired) electrons. The molecular formula is C14H18N2O4. The molecule has 1 aliphatic heterocycles. The van der Waals surface area contributed by atoms with E-state index < -0.39 is 5.56 Å². The first-order valence-electron chi connectivity index (χ1n) is 6.60. The summed E-state index contributed by atoms with van der Waals surface area (Å²) in [4.78, 5) is 39.9. The zero-order valence-electron chi connectivity index (χ0n) is 11.6. The molecule has 1 saturated heterocycles. The fourth-order valence-electron chi connectivity index (χ4n) is 2.43. The number of ether oxygens (including phenoxy) is 1. The average molecular weight is 278 g/mol. The highest BCUT2D eigenvalue weighted by atomic mass is 16.5. The second-order valence-electron chi connectivity index (χ2n) is 5.00. The molecule has 2 heterocycles. The molecule has 1 amide bonds. The molecule has 1 fully saturated rings. The summed E-state index contributed by atoms with van der Waals surface area (Å²) >= 11 is 0. The number of aromatic nitrogens is 1. The molecule has 1 atom stereocenters. The van der Waals surface area contributed by atoms with Crippen LogP contribution in [0.5, 0.6) is 0 Å². The zero-order valence-corrected chi connectivity index (χ0v) is 11.6. The van der Waals surface area contributed by atoms with Crippen LogP contribution in [0.25, 0.3) is 0 Å². The molecule has 0 spiro atoms. The summed E-state index contributed by atoms with van der Waals surface area (Å²) in [5.74, 6) is -0.942. The molecule has 1 unspecified atom stereocenters. The number of nitrogens with zero attached hydrogens (tertiary/aromatic N) is 1. The number of rotatable bonds is 2. The lowest BCUT2D eigenvalue weighted by Gasteiger charge is -2.31. The van der Waals surface area contributed by atoms with Crippen LogP contribution in [0.1, 0.15) is 28.9 Å². The van der Waals surface area contributed by atoms with E-state index in [1.807, 2.05) is 0 Å². The van der Waals surface area contributed by atoms with Crippen LogP contribution >= 0.6 is 0 Å². The molecule has 1 aromatic heterocycles. The predicted octanol–water partition coefficient (Wildman–Crippen LogP) is 0.709. The van der Waals surface area contributed by atoms with Crippen LogP contribution in [0, 0.1) is 12.8 Å². The number of nitrogens with one attached hydrogen (secondary N) is 1. The van der Waals surface area contributed by atoms with E-state index in [1.54, 1.807) is 17.9 Å². The number of aryl methyl sites for hydroxylation is 1. The Balaban J connectivity index is 2.16. The fraction of sp³-hybridized carbons (Fsp3) is 0.500. The van der Waals surface area contributed by atoms with E-state index in [2.05, 4.69) is 4.98 Å². The largest absolute Gasteiger partial charge is 0.469 e. The molecule has 6 nitrogen and oxygen atoms in total. The van der Waals surface area contributed by atoms with E-state index in [0.29, 0.717) is 25.2 Å². The van der Waals surface area contributed by atoms with Crippen LogP contribution in [0.3, 0.4) is 0 Å². The van der Waals surface area contributed by atoms with Crippen molar-refractivity contribution in [2.24, 2.45) is 5.92 Å². The lowest BCUT2D eigenvalue weighted by molar-refractivity contribution is -0.146. The quantitative estimate of drug-likeness (QED) is 0.808. The standard InChI is InChI=1S/C14H18N2O4/c1-9-5-6-11(12(17)15-9)13(18)16-7-3-4-10(8-16)14(19)20-2/h5-6,10H,3-4,7-8H2,1-2H3,(H,15,17). The monoisotopic (exact) mass is 278 g/mol. The highest BCUT2D eigenvalue weighted by molar-refractivity contribution is 5.94. The molecular weight excluding hydrogens is 260 g/mol. The Morgan fingerprint density at radius 2 is 2.15 bits per heavy atom. The number of carbonyl (C=O) groups is 2. The second-order valence-corrected chi connectivity index (χ2v) is 5.00. The van der Waals surface area contributed by atoms with E-state index in [1.165, 1.54) is 13.2 Å². The zero-order chi connectivity index (χ0) is 14.7. The van der Waals surface area contributed by atoms with Gasteiger partial charge in [0.25, 0.3) is 11.5 Å². The Kier molecular flexibility index (Phi) is 4.22. The number of esters is 1. The first kappa shape index (κ1) is 14.3. The van der Waals surface area contributed by atoms with E-state index >= 15 is 0 Å². The van der Waals surface area contributed by atoms with Gasteiger partial charge in [-0.3, -0.25) is 14.4 Å². The number of H-pyrrole nitrogens is 1. The van der Waals surface area contributed by atoms with Crippen LogP contribution in [0.4, 0.5) is 0 Å². The van der Waals surface area contributed by atoms with E-state index in [4.69, 9.17) is 4.74 Å². The van der Waals surface area contributed by atoms with Gasteiger partial charge in [-0.15, -0.1) is 0 Å². The number of hydrogen-bond donors (Lipinski definition) is 1. The molecule has 0 aromatic carbocycles. The maximum atomic E-state index is 12.3. The van der Waals surface area contributed by atoms with E-state index in [-0.39, 0.29) is 23.4 Å². The number of hydrogen-bond acceptors (Lipinski definition) is 4. The third-order valence-corrected chi connectivity index (χ3v) is 3.53. The third kappa shape index (κ3) is 2.89. The molecule has 1 N–H and O–H groups in total. The van der Waals surface area contributed by atoms with Crippen LogP contribution in [0.15, 0.2) is 16.9 Å². The smallest absolute Gasteiger partial charge is 0.310 e. The van der Waals surface area contributed by atoms with Crippen LogP contribution in [-0.4, -0.2) is 42.0 Å². The van der Waals surface area contributed by atoms with Crippen molar-refractivity contribution in [2.75, 3.05) is 20.2 Å². The maximum absolute atomic E-state index is 12.3. The number of aromatic amines is 1. The number of methoxy groups -OCH3 is 1. The second kappa shape index (κ2) is 5.90. The first-order chi connectivity index (χ1) is 9.52. The Morgan fingerprint density at radius 1 is 1.40 bits per heavy atom. The molecule has 1 aromatic rings. The van der Waals surface area contributed by atoms with Crippen molar-refractivity contribution in [2.45, 2.75) is 19.8 Å². The Hall–Kier alpha value is -2.11. The predicted molar refractivity (Wildman–Crippen MR) is 72.4 cm³/mol. The van der Waals surface area contributed by atoms with Gasteiger partial charge in [0.05, 0.1) is 13.0 Å². The van der Waals surface area contributed by atoms with Crippen molar-refractivity contribution >= 4 is 11.9 Å². The lowest BCUT2D eigenvalue weighted by atomic mass is 9.97. The van der Waals surface area contributed by atoms with Gasteiger partial charge in [0.15, 0.2) is 0 Å². The van der Waals surface area contributed by atoms with Gasteiger partial charge in [-0.2, -0.15) is 0 Å². The lowest BCUT2D eigenvalue weighted by Crippen LogP contribution is -2.44.